The van der Waals surface area contributed by atoms with Gasteiger partial charge in [-0.2, -0.15) is 0 Å². The van der Waals surface area contributed by atoms with Gasteiger partial charge in [-0.25, -0.2) is 4.58 Å². The average Bonchev–Trinajstić information content (AvgIpc) is 1.94. The van der Waals surface area contributed by atoms with Gasteiger partial charge in [0.2, 0.25) is 0 Å². The predicted octanol–water partition coefficient (Wildman–Crippen LogP) is 1.28. The second-order valence-corrected chi connectivity index (χ2v) is 3.20. The molecule has 0 fully saturated rings. The zero-order valence-corrected chi connectivity index (χ0v) is 6.70. The van der Waals surface area contributed by atoms with Gasteiger partial charge in [0, 0.05) is 5.41 Å². The fourth-order valence-corrected chi connectivity index (χ4v) is 0.722. The summed E-state index contributed by atoms with van der Waals surface area (Å²) in [6.45, 7) is 4.25. The summed E-state index contributed by atoms with van der Waals surface area (Å²) in [5, 5.41) is 0. The van der Waals surface area contributed by atoms with Crippen LogP contribution in [0.1, 0.15) is 13.8 Å². The molecule has 0 N–H and O–H groups in total. The summed E-state index contributed by atoms with van der Waals surface area (Å²) in [5.74, 6) is 0. The van der Waals surface area contributed by atoms with E-state index < -0.39 is 0 Å². The zero-order chi connectivity index (χ0) is 7.61. The first-order valence-electron chi connectivity index (χ1n) is 3.39. The van der Waals surface area contributed by atoms with Gasteiger partial charge in [0.15, 0.2) is 0 Å². The van der Waals surface area contributed by atoms with Gasteiger partial charge in [0.25, 0.3) is 6.34 Å². The molecule has 0 saturated carbocycles. The number of aliphatic imine (C=N–C) groups is 1. The van der Waals surface area contributed by atoms with Crippen molar-refractivity contribution in [2.24, 2.45) is 10.4 Å². The second-order valence-electron chi connectivity index (χ2n) is 3.20. The second kappa shape index (κ2) is 2.37. The topological polar surface area (TPSA) is 15.4 Å². The predicted molar refractivity (Wildman–Crippen MR) is 43.7 cm³/mol. The number of hydrogen-bond donors (Lipinski definition) is 0. The van der Waals surface area contributed by atoms with Crippen LogP contribution in [0, 0.1) is 5.41 Å². The maximum absolute atomic E-state index is 4.12. The van der Waals surface area contributed by atoms with E-state index in [9.17, 15) is 0 Å². The van der Waals surface area contributed by atoms with E-state index in [0.29, 0.717) is 0 Å². The molecular weight excluding hydrogens is 124 g/mol. The van der Waals surface area contributed by atoms with Gasteiger partial charge in [-0.3, -0.25) is 0 Å². The smallest absolute Gasteiger partial charge is 0.240 e. The quantitative estimate of drug-likeness (QED) is 0.447. The molecule has 2 heteroatoms. The van der Waals surface area contributed by atoms with Crippen molar-refractivity contribution in [2.45, 2.75) is 13.8 Å². The van der Waals surface area contributed by atoms with Crippen molar-refractivity contribution in [1.29, 1.82) is 0 Å². The molecule has 0 bridgehead atoms. The summed E-state index contributed by atoms with van der Waals surface area (Å²) in [6, 6.07) is 0. The standard InChI is InChI=1S/C8H13N2/c1-8(2)4-5-10(3)7-9-6-8/h4-7H,1-3H3/q+1. The molecule has 1 aliphatic rings. The van der Waals surface area contributed by atoms with Crippen LogP contribution >= 0.6 is 0 Å². The fourth-order valence-electron chi connectivity index (χ4n) is 0.722. The summed E-state index contributed by atoms with van der Waals surface area (Å²) >= 11 is 0. The van der Waals surface area contributed by atoms with Crippen molar-refractivity contribution < 1.29 is 4.58 Å². The van der Waals surface area contributed by atoms with E-state index in [-0.39, 0.29) is 5.41 Å². The van der Waals surface area contributed by atoms with Gasteiger partial charge in [-0.15, -0.1) is 0 Å². The van der Waals surface area contributed by atoms with Crippen molar-refractivity contribution in [2.75, 3.05) is 7.05 Å². The Bertz CT molecular complexity index is 209. The molecule has 0 spiro atoms. The third-order valence-electron chi connectivity index (χ3n) is 1.40. The molecule has 0 aromatic heterocycles. The molecule has 0 aromatic rings. The number of nitrogens with zero attached hydrogens (tertiary/aromatic N) is 2. The lowest BCUT2D eigenvalue weighted by atomic mass is 9.96. The molecule has 10 heavy (non-hydrogen) atoms. The van der Waals surface area contributed by atoms with E-state index >= 15 is 0 Å². The summed E-state index contributed by atoms with van der Waals surface area (Å²) in [6.07, 6.45) is 7.88. The average molecular weight is 137 g/mol. The molecule has 1 heterocycles. The summed E-state index contributed by atoms with van der Waals surface area (Å²) in [4.78, 5) is 4.12. The van der Waals surface area contributed by atoms with E-state index in [2.05, 4.69) is 24.9 Å². The van der Waals surface area contributed by atoms with Gasteiger partial charge in [-0.05, 0) is 19.9 Å². The van der Waals surface area contributed by atoms with Crippen molar-refractivity contribution in [1.82, 2.24) is 0 Å². The van der Waals surface area contributed by atoms with Crippen LogP contribution in [0.4, 0.5) is 0 Å². The minimum absolute atomic E-state index is 0.0985. The van der Waals surface area contributed by atoms with Crippen LogP contribution < -0.4 is 0 Å². The third-order valence-corrected chi connectivity index (χ3v) is 1.40. The molecule has 0 saturated heterocycles. The van der Waals surface area contributed by atoms with Crippen LogP contribution in [-0.4, -0.2) is 24.2 Å². The Balaban J connectivity index is 2.88. The summed E-state index contributed by atoms with van der Waals surface area (Å²) in [5.41, 5.74) is 0.0985. The normalized spacial score (nSPS) is 22.1. The highest BCUT2D eigenvalue weighted by molar-refractivity contribution is 5.76. The first kappa shape index (κ1) is 7.19. The Hall–Kier alpha value is -0.920. The summed E-state index contributed by atoms with van der Waals surface area (Å²) < 4.78 is 1.94. The maximum Gasteiger partial charge on any atom is 0.285 e. The lowest BCUT2D eigenvalue weighted by Crippen LogP contribution is -2.07. The maximum atomic E-state index is 4.12. The molecular formula is C8H13N2+. The Morgan fingerprint density at radius 2 is 2.10 bits per heavy atom. The fraction of sp³-hybridized carbons (Fsp3) is 0.500. The molecule has 1 aliphatic heterocycles. The third kappa shape index (κ3) is 1.79. The molecule has 2 nitrogen and oxygen atoms in total. The highest BCUT2D eigenvalue weighted by atomic mass is 15.0. The van der Waals surface area contributed by atoms with Gasteiger partial charge >= 0.3 is 0 Å². The molecule has 0 aliphatic carbocycles. The van der Waals surface area contributed by atoms with Crippen LogP contribution in [0.3, 0.4) is 0 Å². The van der Waals surface area contributed by atoms with Crippen molar-refractivity contribution in [3.63, 3.8) is 0 Å². The highest BCUT2D eigenvalue weighted by Crippen LogP contribution is 2.13. The largest absolute Gasteiger partial charge is 0.285 e. The zero-order valence-electron chi connectivity index (χ0n) is 6.70. The Morgan fingerprint density at radius 1 is 1.40 bits per heavy atom. The van der Waals surface area contributed by atoms with Crippen LogP contribution in [0.5, 0.6) is 0 Å². The van der Waals surface area contributed by atoms with Crippen LogP contribution in [-0.2, 0) is 0 Å². The minimum atomic E-state index is 0.0985. The lowest BCUT2D eigenvalue weighted by Gasteiger charge is -2.06. The summed E-state index contributed by atoms with van der Waals surface area (Å²) in [7, 11) is 1.97. The van der Waals surface area contributed by atoms with Crippen LogP contribution in [0.25, 0.3) is 0 Å². The molecule has 54 valence electrons. The van der Waals surface area contributed by atoms with Crippen molar-refractivity contribution in [3.05, 3.63) is 12.3 Å². The Morgan fingerprint density at radius 3 is 2.80 bits per heavy atom. The van der Waals surface area contributed by atoms with Crippen LogP contribution in [0.2, 0.25) is 0 Å². The van der Waals surface area contributed by atoms with Gasteiger partial charge < -0.3 is 0 Å². The van der Waals surface area contributed by atoms with E-state index in [1.165, 1.54) is 0 Å². The first-order valence-corrected chi connectivity index (χ1v) is 3.39. The number of rotatable bonds is 0. The van der Waals surface area contributed by atoms with E-state index in [1.54, 1.807) is 6.34 Å². The molecule has 0 aromatic carbocycles. The van der Waals surface area contributed by atoms with Gasteiger partial charge in [0.05, 0.1) is 13.2 Å². The SMILES string of the molecule is C[N+]1=CN=CC(C)(C)C=C1. The Labute approximate surface area is 61.6 Å². The van der Waals surface area contributed by atoms with Crippen molar-refractivity contribution in [3.8, 4) is 0 Å². The monoisotopic (exact) mass is 137 g/mol. The van der Waals surface area contributed by atoms with E-state index in [0.717, 1.165) is 0 Å². The molecule has 1 rings (SSSR count). The molecule has 0 radical (unpaired) electrons. The molecule has 0 amide bonds. The lowest BCUT2D eigenvalue weighted by molar-refractivity contribution is -0.417. The van der Waals surface area contributed by atoms with Crippen LogP contribution in [0.15, 0.2) is 17.3 Å². The number of allylic oxidation sites excluding steroid dienone is 1. The van der Waals surface area contributed by atoms with Crippen molar-refractivity contribution >= 4 is 12.6 Å². The highest BCUT2D eigenvalue weighted by Gasteiger charge is 2.14. The van der Waals surface area contributed by atoms with E-state index in [1.807, 2.05) is 24.0 Å². The molecule has 0 atom stereocenters. The molecule has 0 unspecified atom stereocenters. The van der Waals surface area contributed by atoms with Gasteiger partial charge in [-0.1, -0.05) is 4.99 Å². The van der Waals surface area contributed by atoms with E-state index in [4.69, 9.17) is 0 Å². The number of hydrogen-bond acceptors (Lipinski definition) is 1. The minimum Gasteiger partial charge on any atom is -0.240 e. The first-order chi connectivity index (χ1) is 4.60. The van der Waals surface area contributed by atoms with Gasteiger partial charge in [0.1, 0.15) is 6.21 Å². The Kier molecular flexibility index (Phi) is 1.70.